The van der Waals surface area contributed by atoms with E-state index in [0.717, 1.165) is 57.2 Å². The minimum absolute atomic E-state index is 0.0363. The molecule has 3 aromatic heterocycles. The Morgan fingerprint density at radius 2 is 2.00 bits per heavy atom. The van der Waals surface area contributed by atoms with Crippen molar-refractivity contribution in [2.75, 3.05) is 6.61 Å². The molecule has 5 rings (SSSR count). The van der Waals surface area contributed by atoms with Crippen LogP contribution in [0.5, 0.6) is 11.8 Å². The van der Waals surface area contributed by atoms with Gasteiger partial charge in [0.25, 0.3) is 0 Å². The van der Waals surface area contributed by atoms with E-state index in [9.17, 15) is 0 Å². The van der Waals surface area contributed by atoms with E-state index in [1.165, 1.54) is 0 Å². The number of hydrogen-bond acceptors (Lipinski definition) is 5. The Hall–Kier alpha value is -3.55. The molecule has 1 aliphatic heterocycles. The van der Waals surface area contributed by atoms with Crippen LogP contribution in [0.15, 0.2) is 24.4 Å². The van der Waals surface area contributed by atoms with Gasteiger partial charge in [0.1, 0.15) is 6.10 Å². The molecule has 4 aromatic rings. The highest BCUT2D eigenvalue weighted by molar-refractivity contribution is 5.93. The Labute approximate surface area is 174 Å². The Morgan fingerprint density at radius 1 is 1.13 bits per heavy atom. The molecule has 8 nitrogen and oxygen atoms in total. The van der Waals surface area contributed by atoms with E-state index >= 15 is 0 Å². The average molecular weight is 404 g/mol. The van der Waals surface area contributed by atoms with Gasteiger partial charge >= 0.3 is 0 Å². The van der Waals surface area contributed by atoms with Crippen molar-refractivity contribution in [3.05, 3.63) is 41.3 Å². The van der Waals surface area contributed by atoms with E-state index in [1.807, 2.05) is 52.4 Å². The van der Waals surface area contributed by atoms with Gasteiger partial charge in [-0.25, -0.2) is 9.36 Å². The number of fused-ring (bicyclic) bond motifs is 4. The largest absolute Gasteiger partial charge is 0.477 e. The molecule has 0 aliphatic carbocycles. The Kier molecular flexibility index (Phi) is 4.34. The van der Waals surface area contributed by atoms with Crippen LogP contribution >= 0.6 is 0 Å². The lowest BCUT2D eigenvalue weighted by atomic mass is 10.1. The topological polar surface area (TPSA) is 82.8 Å². The van der Waals surface area contributed by atoms with Crippen LogP contribution in [0.3, 0.4) is 0 Å². The first-order valence-corrected chi connectivity index (χ1v) is 10.0. The Balaban J connectivity index is 1.68. The van der Waals surface area contributed by atoms with Crippen molar-refractivity contribution < 1.29 is 9.47 Å². The summed E-state index contributed by atoms with van der Waals surface area (Å²) in [6.07, 6.45) is 6.61. The molecular weight excluding hydrogens is 380 g/mol. The van der Waals surface area contributed by atoms with Crippen molar-refractivity contribution in [3.8, 4) is 22.9 Å². The maximum atomic E-state index is 6.27. The third-order valence-corrected chi connectivity index (χ3v) is 5.49. The lowest BCUT2D eigenvalue weighted by molar-refractivity contribution is 0.161. The molecule has 2 bridgehead atoms. The molecule has 0 fully saturated rings. The number of aromatic nitrogens is 6. The molecule has 4 heterocycles. The van der Waals surface area contributed by atoms with Crippen LogP contribution in [-0.2, 0) is 14.1 Å². The number of ether oxygens (including phenoxy) is 2. The summed E-state index contributed by atoms with van der Waals surface area (Å²) in [7, 11) is 3.79. The molecule has 0 saturated heterocycles. The third kappa shape index (κ3) is 3.04. The van der Waals surface area contributed by atoms with Gasteiger partial charge in [0.05, 0.1) is 40.8 Å². The summed E-state index contributed by atoms with van der Waals surface area (Å²) in [4.78, 5) is 0. The number of benzene rings is 1. The number of H-pyrrole nitrogens is 1. The second kappa shape index (κ2) is 7.05. The van der Waals surface area contributed by atoms with Crippen molar-refractivity contribution in [3.63, 3.8) is 0 Å². The van der Waals surface area contributed by atoms with Crippen LogP contribution in [0.4, 0.5) is 0 Å². The van der Waals surface area contributed by atoms with E-state index in [-0.39, 0.29) is 6.10 Å². The lowest BCUT2D eigenvalue weighted by Gasteiger charge is -2.17. The maximum absolute atomic E-state index is 6.27. The molecule has 0 amide bonds. The highest BCUT2D eigenvalue weighted by Crippen LogP contribution is 2.34. The van der Waals surface area contributed by atoms with E-state index < -0.39 is 0 Å². The average Bonchev–Trinajstić information content (AvgIpc) is 3.36. The summed E-state index contributed by atoms with van der Waals surface area (Å²) < 4.78 is 15.9. The number of nitrogens with zero attached hydrogens (tertiary/aromatic N) is 5. The highest BCUT2D eigenvalue weighted by atomic mass is 16.5. The van der Waals surface area contributed by atoms with Crippen molar-refractivity contribution in [2.45, 2.75) is 26.4 Å². The zero-order valence-electron chi connectivity index (χ0n) is 17.5. The molecule has 1 N–H and O–H groups in total. The van der Waals surface area contributed by atoms with Gasteiger partial charge < -0.3 is 9.47 Å². The van der Waals surface area contributed by atoms with Crippen LogP contribution in [-0.4, -0.2) is 42.5 Å². The molecule has 1 aromatic carbocycles. The smallest absolute Gasteiger partial charge is 0.219 e. The molecule has 30 heavy (non-hydrogen) atoms. The molecule has 0 saturated carbocycles. The van der Waals surface area contributed by atoms with Crippen LogP contribution in [0, 0.1) is 6.92 Å². The monoisotopic (exact) mass is 404 g/mol. The van der Waals surface area contributed by atoms with Crippen LogP contribution in [0.1, 0.15) is 30.3 Å². The van der Waals surface area contributed by atoms with Gasteiger partial charge in [0, 0.05) is 25.9 Å². The Morgan fingerprint density at radius 3 is 2.87 bits per heavy atom. The Bertz CT molecular complexity index is 1260. The second-order valence-electron chi connectivity index (χ2n) is 7.68. The number of nitrogens with one attached hydrogen (secondary N) is 1. The second-order valence-corrected chi connectivity index (χ2v) is 7.68. The van der Waals surface area contributed by atoms with Crippen molar-refractivity contribution >= 4 is 23.1 Å². The normalized spacial score (nSPS) is 17.5. The number of rotatable bonds is 0. The summed E-state index contributed by atoms with van der Waals surface area (Å²) in [6.45, 7) is 4.56. The van der Waals surface area contributed by atoms with E-state index in [2.05, 4.69) is 32.5 Å². The fraction of sp³-hybridized carbons (Fsp3) is 0.318. The number of aryl methyl sites for hydroxylation is 3. The fourth-order valence-corrected chi connectivity index (χ4v) is 3.84. The summed E-state index contributed by atoms with van der Waals surface area (Å²) in [5, 5.41) is 17.6. The van der Waals surface area contributed by atoms with E-state index in [0.29, 0.717) is 6.61 Å². The molecule has 1 aliphatic rings. The number of hydrogen-bond donors (Lipinski definition) is 1. The van der Waals surface area contributed by atoms with Gasteiger partial charge in [0.2, 0.25) is 11.8 Å². The minimum atomic E-state index is -0.0363. The predicted molar refractivity (Wildman–Crippen MR) is 115 cm³/mol. The first kappa shape index (κ1) is 18.5. The van der Waals surface area contributed by atoms with Gasteiger partial charge in [-0.2, -0.15) is 15.3 Å². The maximum Gasteiger partial charge on any atom is 0.219 e. The van der Waals surface area contributed by atoms with Crippen LogP contribution in [0.25, 0.3) is 34.2 Å². The number of aromatic amines is 1. The van der Waals surface area contributed by atoms with Crippen molar-refractivity contribution in [2.24, 2.45) is 14.1 Å². The van der Waals surface area contributed by atoms with E-state index in [4.69, 9.17) is 9.47 Å². The third-order valence-electron chi connectivity index (χ3n) is 5.49. The standard InChI is InChI=1S/C22H24N6O2/c1-13-9-10-29-21-16(14(2)26-28(21)4)6-8-20-17-11-15(5-7-19(17)24-25-20)18-12-23-27(3)22(18)30-13/h5-8,11-13H,9-10H2,1-4H3,(H,24,25)/b8-6+. The van der Waals surface area contributed by atoms with Crippen LogP contribution < -0.4 is 9.47 Å². The summed E-state index contributed by atoms with van der Waals surface area (Å²) in [5.74, 6) is 1.49. The van der Waals surface area contributed by atoms with E-state index in [1.54, 1.807) is 9.36 Å². The van der Waals surface area contributed by atoms with Crippen molar-refractivity contribution in [1.82, 2.24) is 29.8 Å². The molecule has 8 heteroatoms. The molecule has 1 unspecified atom stereocenters. The zero-order valence-corrected chi connectivity index (χ0v) is 17.5. The summed E-state index contributed by atoms with van der Waals surface area (Å²) in [6, 6.07) is 6.19. The van der Waals surface area contributed by atoms with Gasteiger partial charge in [0.15, 0.2) is 0 Å². The zero-order chi connectivity index (χ0) is 20.8. The molecule has 0 radical (unpaired) electrons. The highest BCUT2D eigenvalue weighted by Gasteiger charge is 2.18. The fourth-order valence-electron chi connectivity index (χ4n) is 3.84. The first-order chi connectivity index (χ1) is 14.5. The molecule has 154 valence electrons. The molecule has 1 atom stereocenters. The minimum Gasteiger partial charge on any atom is -0.477 e. The van der Waals surface area contributed by atoms with Crippen LogP contribution in [0.2, 0.25) is 0 Å². The molecule has 0 spiro atoms. The van der Waals surface area contributed by atoms with Gasteiger partial charge in [-0.3, -0.25) is 5.10 Å². The quantitative estimate of drug-likeness (QED) is 0.483. The van der Waals surface area contributed by atoms with Gasteiger partial charge in [-0.15, -0.1) is 0 Å². The molecular formula is C22H24N6O2. The SMILES string of the molecule is Cc1nn(C)c2c1/C=C/c1[nH]nc3ccc(cc13)-c1cnn(C)c1OC(C)CCO2. The first-order valence-electron chi connectivity index (χ1n) is 10.0. The predicted octanol–water partition coefficient (Wildman–Crippen LogP) is 3.73. The van der Waals surface area contributed by atoms with Gasteiger partial charge in [-0.05, 0) is 43.7 Å². The van der Waals surface area contributed by atoms with Gasteiger partial charge in [-0.1, -0.05) is 6.07 Å². The lowest BCUT2D eigenvalue weighted by Crippen LogP contribution is -2.18. The van der Waals surface area contributed by atoms with Crippen molar-refractivity contribution in [1.29, 1.82) is 0 Å². The summed E-state index contributed by atoms with van der Waals surface area (Å²) in [5.41, 5.74) is 5.71. The summed E-state index contributed by atoms with van der Waals surface area (Å²) >= 11 is 0.